The summed E-state index contributed by atoms with van der Waals surface area (Å²) in [5, 5.41) is 5.83. The summed E-state index contributed by atoms with van der Waals surface area (Å²) in [6, 6.07) is 8.14. The van der Waals surface area contributed by atoms with Crippen molar-refractivity contribution in [3.05, 3.63) is 35.4 Å². The van der Waals surface area contributed by atoms with Gasteiger partial charge < -0.3 is 15.4 Å². The van der Waals surface area contributed by atoms with Crippen molar-refractivity contribution >= 4 is 6.03 Å². The summed E-state index contributed by atoms with van der Waals surface area (Å²) in [5.41, 5.74) is 2.04. The minimum Gasteiger partial charge on any atom is -0.371 e. The van der Waals surface area contributed by atoms with E-state index in [-0.39, 0.29) is 17.7 Å². The monoisotopic (exact) mass is 306 g/mol. The van der Waals surface area contributed by atoms with E-state index in [4.69, 9.17) is 4.74 Å². The van der Waals surface area contributed by atoms with Gasteiger partial charge in [-0.25, -0.2) is 4.79 Å². The summed E-state index contributed by atoms with van der Waals surface area (Å²) in [5.74, 6) is 0.420. The van der Waals surface area contributed by atoms with Crippen LogP contribution in [0.25, 0.3) is 0 Å². The Labute approximate surface area is 134 Å². The summed E-state index contributed by atoms with van der Waals surface area (Å²) in [7, 11) is 0. The van der Waals surface area contributed by atoms with Crippen molar-refractivity contribution in [1.29, 1.82) is 0 Å². The second kappa shape index (κ2) is 8.18. The van der Waals surface area contributed by atoms with Crippen molar-refractivity contribution in [3.8, 4) is 0 Å². The van der Waals surface area contributed by atoms with E-state index in [1.165, 1.54) is 0 Å². The molecule has 2 amide bonds. The van der Waals surface area contributed by atoms with E-state index >= 15 is 0 Å². The number of nitrogens with one attached hydrogen (secondary N) is 2. The molecule has 0 fully saturated rings. The molecule has 124 valence electrons. The Kier molecular flexibility index (Phi) is 6.88. The third-order valence-electron chi connectivity index (χ3n) is 3.48. The summed E-state index contributed by atoms with van der Waals surface area (Å²) in [6.07, 6.45) is 0. The molecule has 1 aromatic carbocycles. The molecule has 1 atom stereocenters. The van der Waals surface area contributed by atoms with Gasteiger partial charge in [-0.2, -0.15) is 0 Å². The van der Waals surface area contributed by atoms with Gasteiger partial charge in [0.25, 0.3) is 0 Å². The van der Waals surface area contributed by atoms with Gasteiger partial charge in [0.1, 0.15) is 0 Å². The van der Waals surface area contributed by atoms with Gasteiger partial charge in [0, 0.05) is 12.6 Å². The lowest BCUT2D eigenvalue weighted by Crippen LogP contribution is -2.42. The molecule has 0 bridgehead atoms. The van der Waals surface area contributed by atoms with Crippen LogP contribution in [0.2, 0.25) is 0 Å². The molecule has 0 saturated heterocycles. The Morgan fingerprint density at radius 2 is 1.82 bits per heavy atom. The predicted molar refractivity (Wildman–Crippen MR) is 90.7 cm³/mol. The Balaban J connectivity index is 2.48. The van der Waals surface area contributed by atoms with Gasteiger partial charge in [0.15, 0.2) is 0 Å². The van der Waals surface area contributed by atoms with E-state index < -0.39 is 0 Å². The lowest BCUT2D eigenvalue weighted by molar-refractivity contribution is -0.0149. The van der Waals surface area contributed by atoms with E-state index in [1.807, 2.05) is 45.9 Å². The second-order valence-corrected chi connectivity index (χ2v) is 7.08. The van der Waals surface area contributed by atoms with Gasteiger partial charge in [-0.1, -0.05) is 38.1 Å². The van der Waals surface area contributed by atoms with Crippen LogP contribution < -0.4 is 10.6 Å². The fourth-order valence-electron chi connectivity index (χ4n) is 1.74. The summed E-state index contributed by atoms with van der Waals surface area (Å²) in [6.45, 7) is 13.4. The van der Waals surface area contributed by atoms with Crippen LogP contribution in [0, 0.1) is 5.92 Å². The lowest BCUT2D eigenvalue weighted by Gasteiger charge is -2.20. The van der Waals surface area contributed by atoms with Crippen LogP contribution in [0.15, 0.2) is 24.3 Å². The van der Waals surface area contributed by atoms with Crippen molar-refractivity contribution < 1.29 is 9.53 Å². The Hall–Kier alpha value is -1.55. The Morgan fingerprint density at radius 1 is 1.18 bits per heavy atom. The van der Waals surface area contributed by atoms with Crippen LogP contribution in [0.4, 0.5) is 4.79 Å². The van der Waals surface area contributed by atoms with Gasteiger partial charge in [-0.15, -0.1) is 0 Å². The molecule has 0 radical (unpaired) electrons. The lowest BCUT2D eigenvalue weighted by atomic mass is 10.1. The molecule has 1 aromatic rings. The molecule has 4 heteroatoms. The molecule has 0 aliphatic carbocycles. The van der Waals surface area contributed by atoms with Gasteiger partial charge in [0.05, 0.1) is 12.2 Å². The highest BCUT2D eigenvalue weighted by Crippen LogP contribution is 2.13. The number of amides is 2. The fraction of sp³-hybridized carbons (Fsp3) is 0.611. The van der Waals surface area contributed by atoms with E-state index in [0.29, 0.717) is 19.1 Å². The SMILES string of the molecule is CC(C)C(C)NC(=O)NCc1cccc(COC(C)(C)C)c1. The van der Waals surface area contributed by atoms with E-state index in [1.54, 1.807) is 0 Å². The van der Waals surface area contributed by atoms with Crippen LogP contribution in [-0.4, -0.2) is 17.7 Å². The molecule has 1 unspecified atom stereocenters. The molecule has 0 saturated carbocycles. The van der Waals surface area contributed by atoms with Crippen molar-refractivity contribution in [2.75, 3.05) is 0 Å². The number of hydrogen-bond acceptors (Lipinski definition) is 2. The fourth-order valence-corrected chi connectivity index (χ4v) is 1.74. The van der Waals surface area contributed by atoms with Crippen LogP contribution in [0.3, 0.4) is 0 Å². The van der Waals surface area contributed by atoms with Crippen molar-refractivity contribution in [2.45, 2.75) is 66.3 Å². The van der Waals surface area contributed by atoms with Crippen LogP contribution >= 0.6 is 0 Å². The average molecular weight is 306 g/mol. The molecular weight excluding hydrogens is 276 g/mol. The number of ether oxygens (including phenoxy) is 1. The third kappa shape index (κ3) is 7.46. The topological polar surface area (TPSA) is 50.4 Å². The second-order valence-electron chi connectivity index (χ2n) is 7.08. The highest BCUT2D eigenvalue weighted by molar-refractivity contribution is 5.74. The first-order valence-electron chi connectivity index (χ1n) is 7.93. The minimum atomic E-state index is -0.152. The number of urea groups is 1. The van der Waals surface area contributed by atoms with Gasteiger partial charge in [-0.05, 0) is 44.7 Å². The van der Waals surface area contributed by atoms with E-state index in [2.05, 4.69) is 30.5 Å². The highest BCUT2D eigenvalue weighted by Gasteiger charge is 2.11. The maximum Gasteiger partial charge on any atom is 0.315 e. The van der Waals surface area contributed by atoms with Crippen molar-refractivity contribution in [2.24, 2.45) is 5.92 Å². The molecule has 0 spiro atoms. The first-order valence-corrected chi connectivity index (χ1v) is 7.93. The van der Waals surface area contributed by atoms with Gasteiger partial charge in [-0.3, -0.25) is 0 Å². The number of carbonyl (C=O) groups excluding carboxylic acids is 1. The number of benzene rings is 1. The normalized spacial score (nSPS) is 13.0. The molecule has 2 N–H and O–H groups in total. The minimum absolute atomic E-state index is 0.127. The van der Waals surface area contributed by atoms with Crippen LogP contribution in [0.1, 0.15) is 52.7 Å². The molecule has 4 nitrogen and oxygen atoms in total. The third-order valence-corrected chi connectivity index (χ3v) is 3.48. The quantitative estimate of drug-likeness (QED) is 0.839. The highest BCUT2D eigenvalue weighted by atomic mass is 16.5. The first kappa shape index (κ1) is 18.5. The maximum atomic E-state index is 11.8. The molecule has 0 aliphatic rings. The number of rotatable bonds is 6. The number of hydrogen-bond donors (Lipinski definition) is 2. The number of carbonyl (C=O) groups is 1. The van der Waals surface area contributed by atoms with Gasteiger partial charge in [0.2, 0.25) is 0 Å². The zero-order valence-corrected chi connectivity index (χ0v) is 14.7. The zero-order chi connectivity index (χ0) is 16.8. The molecule has 0 heterocycles. The molecular formula is C18H30N2O2. The van der Waals surface area contributed by atoms with E-state index in [0.717, 1.165) is 11.1 Å². The Morgan fingerprint density at radius 3 is 2.41 bits per heavy atom. The zero-order valence-electron chi connectivity index (χ0n) is 14.7. The molecule has 22 heavy (non-hydrogen) atoms. The largest absolute Gasteiger partial charge is 0.371 e. The summed E-state index contributed by atoms with van der Waals surface area (Å²) in [4.78, 5) is 11.8. The predicted octanol–water partition coefficient (Wildman–Crippen LogP) is 3.85. The standard InChI is InChI=1S/C18H30N2O2/c1-13(2)14(3)20-17(21)19-11-15-8-7-9-16(10-15)12-22-18(4,5)6/h7-10,13-14H,11-12H2,1-6H3,(H2,19,20,21). The summed E-state index contributed by atoms with van der Waals surface area (Å²) >= 11 is 0. The smallest absolute Gasteiger partial charge is 0.315 e. The first-order chi connectivity index (χ1) is 10.2. The molecule has 0 aromatic heterocycles. The van der Waals surface area contributed by atoms with Gasteiger partial charge >= 0.3 is 6.03 Å². The maximum absolute atomic E-state index is 11.8. The van der Waals surface area contributed by atoms with Crippen molar-refractivity contribution in [3.63, 3.8) is 0 Å². The molecule has 1 rings (SSSR count). The van der Waals surface area contributed by atoms with Crippen LogP contribution in [-0.2, 0) is 17.9 Å². The molecule has 0 aliphatic heterocycles. The van der Waals surface area contributed by atoms with Crippen LogP contribution in [0.5, 0.6) is 0 Å². The Bertz CT molecular complexity index is 478. The summed E-state index contributed by atoms with van der Waals surface area (Å²) < 4.78 is 5.78. The van der Waals surface area contributed by atoms with E-state index in [9.17, 15) is 4.79 Å². The average Bonchev–Trinajstić information content (AvgIpc) is 2.42. The van der Waals surface area contributed by atoms with Crippen molar-refractivity contribution in [1.82, 2.24) is 10.6 Å².